The monoisotopic (exact) mass is 321 g/mol. The number of hydrogen-bond donors (Lipinski definition) is 2. The molecule has 1 saturated heterocycles. The first kappa shape index (κ1) is 19.4. The molecule has 0 unspecified atom stereocenters. The van der Waals surface area contributed by atoms with Crippen molar-refractivity contribution in [3.05, 3.63) is 6.42 Å². The van der Waals surface area contributed by atoms with Gasteiger partial charge in [0.05, 0.1) is 6.07 Å². The number of carbonyl (C=O) groups is 2. The van der Waals surface area contributed by atoms with Crippen molar-refractivity contribution in [3.8, 4) is 6.07 Å². The van der Waals surface area contributed by atoms with Crippen molar-refractivity contribution in [2.24, 2.45) is 11.1 Å². The maximum absolute atomic E-state index is 12.6. The van der Waals surface area contributed by atoms with Crippen LogP contribution in [0.15, 0.2) is 0 Å². The van der Waals surface area contributed by atoms with Crippen LogP contribution in [-0.4, -0.2) is 41.9 Å². The smallest absolute Gasteiger partial charge is 0.227 e. The molecule has 0 aliphatic carbocycles. The number of amides is 2. The minimum Gasteiger partial charge on any atom is -0.369 e. The highest BCUT2D eigenvalue weighted by atomic mass is 16.2. The van der Waals surface area contributed by atoms with Gasteiger partial charge in [0.25, 0.3) is 0 Å². The Bertz CT molecular complexity index is 462. The Morgan fingerprint density at radius 1 is 1.39 bits per heavy atom. The predicted octanol–water partition coefficient (Wildman–Crippen LogP) is 1.37. The lowest BCUT2D eigenvalue weighted by Gasteiger charge is -2.41. The fourth-order valence-electron chi connectivity index (χ4n) is 2.83. The molecule has 1 aliphatic rings. The molecule has 129 valence electrons. The maximum atomic E-state index is 12.6. The molecule has 0 bridgehead atoms. The molecule has 0 aromatic heterocycles. The molecule has 3 N–H and O–H groups in total. The summed E-state index contributed by atoms with van der Waals surface area (Å²) < 4.78 is 0. The number of hydrogen-bond acceptors (Lipinski definition) is 4. The first-order valence-electron chi connectivity index (χ1n) is 8.36. The van der Waals surface area contributed by atoms with Crippen LogP contribution < -0.4 is 11.1 Å². The van der Waals surface area contributed by atoms with Gasteiger partial charge < -0.3 is 16.0 Å². The first-order chi connectivity index (χ1) is 10.8. The van der Waals surface area contributed by atoms with Gasteiger partial charge in [-0.3, -0.25) is 9.59 Å². The summed E-state index contributed by atoms with van der Waals surface area (Å²) in [5.74, 6) is -0.480. The van der Waals surface area contributed by atoms with E-state index in [1.165, 1.54) is 0 Å². The van der Waals surface area contributed by atoms with Gasteiger partial charge >= 0.3 is 0 Å². The molecule has 0 spiro atoms. The summed E-state index contributed by atoms with van der Waals surface area (Å²) in [7, 11) is 0. The van der Waals surface area contributed by atoms with Crippen LogP contribution >= 0.6 is 0 Å². The van der Waals surface area contributed by atoms with Gasteiger partial charge in [-0.25, -0.2) is 0 Å². The second-order valence-electron chi connectivity index (χ2n) is 6.87. The van der Waals surface area contributed by atoms with E-state index in [0.717, 1.165) is 19.5 Å². The molecule has 1 rings (SSSR count). The van der Waals surface area contributed by atoms with Crippen LogP contribution in [-0.2, 0) is 9.59 Å². The Morgan fingerprint density at radius 2 is 2.00 bits per heavy atom. The summed E-state index contributed by atoms with van der Waals surface area (Å²) in [5.41, 5.74) is 4.01. The zero-order valence-electron chi connectivity index (χ0n) is 14.5. The molecule has 1 aliphatic heterocycles. The lowest BCUT2D eigenvalue weighted by Crippen LogP contribution is -2.56. The second-order valence-corrected chi connectivity index (χ2v) is 6.87. The Labute approximate surface area is 139 Å². The van der Waals surface area contributed by atoms with Crippen molar-refractivity contribution in [1.29, 1.82) is 5.26 Å². The summed E-state index contributed by atoms with van der Waals surface area (Å²) in [6.07, 6.45) is 4.71. The average molecular weight is 321 g/mol. The molecule has 2 amide bonds. The Hall–Kier alpha value is -1.61. The van der Waals surface area contributed by atoms with Crippen LogP contribution in [0, 0.1) is 23.2 Å². The van der Waals surface area contributed by atoms with Crippen molar-refractivity contribution in [1.82, 2.24) is 10.2 Å². The van der Waals surface area contributed by atoms with Crippen molar-refractivity contribution in [2.75, 3.05) is 19.6 Å². The van der Waals surface area contributed by atoms with E-state index in [1.54, 1.807) is 25.2 Å². The molecule has 1 fully saturated rings. The van der Waals surface area contributed by atoms with Gasteiger partial charge in [-0.1, -0.05) is 20.8 Å². The molecule has 1 heterocycles. The average Bonchev–Trinajstić information content (AvgIpc) is 2.52. The standard InChI is InChI=1S/C17H29N4O2/c1-4-12-21(17(13-18)8-10-20-11-9-17)14(22)6-5-7-16(2,3)15(19)23/h6,20H,4-5,7-12H2,1-3H3,(H2,19,23). The van der Waals surface area contributed by atoms with Gasteiger partial charge in [-0.05, 0) is 45.2 Å². The Kier molecular flexibility index (Phi) is 7.01. The normalized spacial score (nSPS) is 17.3. The zero-order chi connectivity index (χ0) is 17.5. The van der Waals surface area contributed by atoms with Crippen LogP contribution in [0.2, 0.25) is 0 Å². The Balaban J connectivity index is 2.71. The number of piperidine rings is 1. The summed E-state index contributed by atoms with van der Waals surface area (Å²) in [6, 6.07) is 2.38. The van der Waals surface area contributed by atoms with E-state index in [0.29, 0.717) is 32.2 Å². The minimum absolute atomic E-state index is 0.115. The third kappa shape index (κ3) is 4.93. The summed E-state index contributed by atoms with van der Waals surface area (Å²) in [5, 5.41) is 12.9. The van der Waals surface area contributed by atoms with Crippen LogP contribution in [0.5, 0.6) is 0 Å². The quantitative estimate of drug-likeness (QED) is 0.705. The van der Waals surface area contributed by atoms with E-state index in [1.807, 2.05) is 6.92 Å². The molecular weight excluding hydrogens is 292 g/mol. The summed E-state index contributed by atoms with van der Waals surface area (Å²) >= 11 is 0. The molecule has 0 saturated carbocycles. The maximum Gasteiger partial charge on any atom is 0.227 e. The molecule has 1 radical (unpaired) electrons. The van der Waals surface area contributed by atoms with Gasteiger partial charge in [0.1, 0.15) is 5.54 Å². The van der Waals surface area contributed by atoms with E-state index >= 15 is 0 Å². The van der Waals surface area contributed by atoms with E-state index in [-0.39, 0.29) is 11.8 Å². The highest BCUT2D eigenvalue weighted by molar-refractivity contribution is 5.86. The SMILES string of the molecule is CCCN(C(=O)[CH]CCC(C)(C)C(N)=O)C1(C#N)CCNCC1. The number of nitrogens with zero attached hydrogens (tertiary/aromatic N) is 2. The van der Waals surface area contributed by atoms with Gasteiger partial charge in [0.15, 0.2) is 0 Å². The highest BCUT2D eigenvalue weighted by Gasteiger charge is 2.40. The number of nitrogens with two attached hydrogens (primary N) is 1. The zero-order valence-corrected chi connectivity index (χ0v) is 14.5. The first-order valence-corrected chi connectivity index (χ1v) is 8.36. The van der Waals surface area contributed by atoms with Crippen LogP contribution in [0.1, 0.15) is 52.9 Å². The van der Waals surface area contributed by atoms with Crippen LogP contribution in [0.25, 0.3) is 0 Å². The molecular formula is C17H29N4O2. The van der Waals surface area contributed by atoms with E-state index in [9.17, 15) is 14.9 Å². The third-order valence-corrected chi connectivity index (χ3v) is 4.62. The van der Waals surface area contributed by atoms with Crippen LogP contribution in [0.4, 0.5) is 0 Å². The fraction of sp³-hybridized carbons (Fsp3) is 0.765. The molecule has 0 atom stereocenters. The fourth-order valence-corrected chi connectivity index (χ4v) is 2.83. The van der Waals surface area contributed by atoms with Crippen molar-refractivity contribution in [2.45, 2.75) is 58.4 Å². The van der Waals surface area contributed by atoms with Gasteiger partial charge in [-0.15, -0.1) is 0 Å². The van der Waals surface area contributed by atoms with Gasteiger partial charge in [0, 0.05) is 18.4 Å². The number of nitrogens with one attached hydrogen (secondary N) is 1. The third-order valence-electron chi connectivity index (χ3n) is 4.62. The number of carbonyl (C=O) groups excluding carboxylic acids is 2. The van der Waals surface area contributed by atoms with Crippen molar-refractivity contribution >= 4 is 11.8 Å². The lowest BCUT2D eigenvalue weighted by molar-refractivity contribution is -0.133. The molecule has 6 nitrogen and oxygen atoms in total. The number of primary amides is 1. The molecule has 0 aromatic rings. The number of rotatable bonds is 8. The molecule has 6 heteroatoms. The second kappa shape index (κ2) is 8.30. The topological polar surface area (TPSA) is 99.2 Å². The van der Waals surface area contributed by atoms with E-state index in [2.05, 4.69) is 11.4 Å². The van der Waals surface area contributed by atoms with Crippen molar-refractivity contribution < 1.29 is 9.59 Å². The molecule has 0 aromatic carbocycles. The predicted molar refractivity (Wildman–Crippen MR) is 89.0 cm³/mol. The van der Waals surface area contributed by atoms with E-state index < -0.39 is 11.0 Å². The van der Waals surface area contributed by atoms with Crippen molar-refractivity contribution in [3.63, 3.8) is 0 Å². The Morgan fingerprint density at radius 3 is 2.48 bits per heavy atom. The molecule has 23 heavy (non-hydrogen) atoms. The van der Waals surface area contributed by atoms with Gasteiger partial charge in [0.2, 0.25) is 11.8 Å². The largest absolute Gasteiger partial charge is 0.369 e. The minimum atomic E-state index is -0.714. The summed E-state index contributed by atoms with van der Waals surface area (Å²) in [6.45, 7) is 7.62. The van der Waals surface area contributed by atoms with Gasteiger partial charge in [-0.2, -0.15) is 5.26 Å². The lowest BCUT2D eigenvalue weighted by atomic mass is 9.85. The highest BCUT2D eigenvalue weighted by Crippen LogP contribution is 2.28. The van der Waals surface area contributed by atoms with Crippen LogP contribution in [0.3, 0.4) is 0 Å². The summed E-state index contributed by atoms with van der Waals surface area (Å²) in [4.78, 5) is 25.7. The number of nitriles is 1. The van der Waals surface area contributed by atoms with E-state index in [4.69, 9.17) is 5.73 Å².